The van der Waals surface area contributed by atoms with Gasteiger partial charge in [-0.3, -0.25) is 9.48 Å². The van der Waals surface area contributed by atoms with Crippen LogP contribution in [0.15, 0.2) is 36.7 Å². The molecule has 0 spiro atoms. The van der Waals surface area contributed by atoms with E-state index in [0.717, 1.165) is 31.7 Å². The number of rotatable bonds is 4. The zero-order chi connectivity index (χ0) is 17.1. The highest BCUT2D eigenvalue weighted by Gasteiger charge is 2.28. The number of piperazine rings is 1. The number of likely N-dealkylation sites (N-methyl/N-ethyl adjacent to an activating group) is 1. The molecular formula is C18H25N5O. The van der Waals surface area contributed by atoms with Crippen LogP contribution in [-0.2, 0) is 11.8 Å². The molecule has 1 fully saturated rings. The van der Waals surface area contributed by atoms with Crippen LogP contribution in [0, 0.1) is 6.92 Å². The molecule has 128 valence electrons. The molecule has 1 aromatic heterocycles. The molecule has 1 amide bonds. The summed E-state index contributed by atoms with van der Waals surface area (Å²) in [6.07, 6.45) is 3.64. The number of carbonyl (C=O) groups is 1. The Morgan fingerprint density at radius 1 is 1.21 bits per heavy atom. The van der Waals surface area contributed by atoms with Crippen molar-refractivity contribution in [2.75, 3.05) is 38.1 Å². The van der Waals surface area contributed by atoms with E-state index in [4.69, 9.17) is 0 Å². The molecule has 0 aliphatic carbocycles. The SMILES string of the molecule is CNC(C(=O)N1CCN(c2ccccc2C)CC1)c1cnn(C)c1. The lowest BCUT2D eigenvalue weighted by Crippen LogP contribution is -2.51. The number of nitrogens with zero attached hydrogens (tertiary/aromatic N) is 4. The first-order valence-corrected chi connectivity index (χ1v) is 8.35. The predicted molar refractivity (Wildman–Crippen MR) is 95.0 cm³/mol. The maximum atomic E-state index is 12.9. The summed E-state index contributed by atoms with van der Waals surface area (Å²) < 4.78 is 1.73. The lowest BCUT2D eigenvalue weighted by atomic mass is 10.1. The number of aromatic nitrogens is 2. The summed E-state index contributed by atoms with van der Waals surface area (Å²) in [5.41, 5.74) is 3.45. The van der Waals surface area contributed by atoms with Crippen molar-refractivity contribution in [2.45, 2.75) is 13.0 Å². The number of carbonyl (C=O) groups excluding carboxylic acids is 1. The van der Waals surface area contributed by atoms with Crippen molar-refractivity contribution in [3.05, 3.63) is 47.8 Å². The van der Waals surface area contributed by atoms with E-state index in [1.807, 2.05) is 25.2 Å². The summed E-state index contributed by atoms with van der Waals surface area (Å²) in [5, 5.41) is 7.29. The van der Waals surface area contributed by atoms with Gasteiger partial charge in [-0.25, -0.2) is 0 Å². The smallest absolute Gasteiger partial charge is 0.244 e. The Hall–Kier alpha value is -2.34. The number of nitrogens with one attached hydrogen (secondary N) is 1. The maximum absolute atomic E-state index is 12.9. The quantitative estimate of drug-likeness (QED) is 0.921. The number of anilines is 1. The topological polar surface area (TPSA) is 53.4 Å². The number of amides is 1. The Labute approximate surface area is 143 Å². The number of benzene rings is 1. The van der Waals surface area contributed by atoms with Gasteiger partial charge >= 0.3 is 0 Å². The van der Waals surface area contributed by atoms with E-state index in [1.54, 1.807) is 10.9 Å². The van der Waals surface area contributed by atoms with Gasteiger partial charge < -0.3 is 15.1 Å². The van der Waals surface area contributed by atoms with E-state index in [1.165, 1.54) is 11.3 Å². The third-order valence-corrected chi connectivity index (χ3v) is 4.64. The van der Waals surface area contributed by atoms with Crippen molar-refractivity contribution in [2.24, 2.45) is 7.05 Å². The first kappa shape index (κ1) is 16.5. The molecule has 1 N–H and O–H groups in total. The van der Waals surface area contributed by atoms with Crippen LogP contribution in [-0.4, -0.2) is 53.8 Å². The molecule has 6 nitrogen and oxygen atoms in total. The summed E-state index contributed by atoms with van der Waals surface area (Å²) in [4.78, 5) is 17.2. The first-order chi connectivity index (χ1) is 11.6. The highest BCUT2D eigenvalue weighted by atomic mass is 16.2. The van der Waals surface area contributed by atoms with Crippen molar-refractivity contribution in [3.63, 3.8) is 0 Å². The Bertz CT molecular complexity index is 703. The van der Waals surface area contributed by atoms with E-state index >= 15 is 0 Å². The summed E-state index contributed by atoms with van der Waals surface area (Å²) in [6.45, 7) is 5.34. The highest BCUT2D eigenvalue weighted by molar-refractivity contribution is 5.83. The van der Waals surface area contributed by atoms with Crippen molar-refractivity contribution < 1.29 is 4.79 Å². The fourth-order valence-electron chi connectivity index (χ4n) is 3.29. The molecule has 1 unspecified atom stereocenters. The molecule has 1 aliphatic heterocycles. The average Bonchev–Trinajstić information content (AvgIpc) is 3.02. The normalized spacial score (nSPS) is 16.3. The van der Waals surface area contributed by atoms with Gasteiger partial charge in [0, 0.05) is 50.7 Å². The summed E-state index contributed by atoms with van der Waals surface area (Å²) >= 11 is 0. The lowest BCUT2D eigenvalue weighted by Gasteiger charge is -2.38. The Morgan fingerprint density at radius 2 is 1.92 bits per heavy atom. The largest absolute Gasteiger partial charge is 0.368 e. The Morgan fingerprint density at radius 3 is 2.50 bits per heavy atom. The fraction of sp³-hybridized carbons (Fsp3) is 0.444. The van der Waals surface area contributed by atoms with Gasteiger partial charge in [-0.2, -0.15) is 5.10 Å². The van der Waals surface area contributed by atoms with Crippen LogP contribution in [0.5, 0.6) is 0 Å². The molecule has 0 saturated carbocycles. The van der Waals surface area contributed by atoms with Gasteiger partial charge in [-0.15, -0.1) is 0 Å². The minimum atomic E-state index is -0.330. The molecule has 24 heavy (non-hydrogen) atoms. The number of hydrogen-bond acceptors (Lipinski definition) is 4. The zero-order valence-electron chi connectivity index (χ0n) is 14.6. The third-order valence-electron chi connectivity index (χ3n) is 4.64. The number of para-hydroxylation sites is 1. The summed E-state index contributed by atoms with van der Waals surface area (Å²) in [6, 6.07) is 8.08. The van der Waals surface area contributed by atoms with Crippen molar-refractivity contribution in [1.29, 1.82) is 0 Å². The zero-order valence-corrected chi connectivity index (χ0v) is 14.6. The van der Waals surface area contributed by atoms with Gasteiger partial charge in [0.2, 0.25) is 5.91 Å². The summed E-state index contributed by atoms with van der Waals surface area (Å²) in [7, 11) is 3.68. The predicted octanol–water partition coefficient (Wildman–Crippen LogP) is 1.34. The second-order valence-corrected chi connectivity index (χ2v) is 6.27. The Balaban J connectivity index is 1.65. The molecule has 1 saturated heterocycles. The van der Waals surface area contributed by atoms with Gasteiger partial charge in [0.05, 0.1) is 6.20 Å². The minimum Gasteiger partial charge on any atom is -0.368 e. The average molecular weight is 327 g/mol. The van der Waals surface area contributed by atoms with Crippen LogP contribution in [0.1, 0.15) is 17.2 Å². The van der Waals surface area contributed by atoms with Gasteiger partial charge in [-0.1, -0.05) is 18.2 Å². The van der Waals surface area contributed by atoms with Gasteiger partial charge in [0.1, 0.15) is 6.04 Å². The highest BCUT2D eigenvalue weighted by Crippen LogP contribution is 2.22. The summed E-state index contributed by atoms with van der Waals surface area (Å²) in [5.74, 6) is 0.120. The molecule has 0 bridgehead atoms. The van der Waals surface area contributed by atoms with Gasteiger partial charge in [-0.05, 0) is 25.6 Å². The van der Waals surface area contributed by atoms with Gasteiger partial charge in [0.15, 0.2) is 0 Å². The van der Waals surface area contributed by atoms with Crippen LogP contribution in [0.3, 0.4) is 0 Å². The second kappa shape index (κ2) is 7.05. The third kappa shape index (κ3) is 3.28. The molecule has 1 aromatic carbocycles. The molecular weight excluding hydrogens is 302 g/mol. The molecule has 0 radical (unpaired) electrons. The molecule has 2 heterocycles. The van der Waals surface area contributed by atoms with Crippen LogP contribution in [0.25, 0.3) is 0 Å². The van der Waals surface area contributed by atoms with Crippen LogP contribution in [0.4, 0.5) is 5.69 Å². The second-order valence-electron chi connectivity index (χ2n) is 6.27. The lowest BCUT2D eigenvalue weighted by molar-refractivity contribution is -0.133. The first-order valence-electron chi connectivity index (χ1n) is 8.35. The molecule has 3 rings (SSSR count). The van der Waals surface area contributed by atoms with E-state index in [-0.39, 0.29) is 11.9 Å². The Kier molecular flexibility index (Phi) is 4.85. The molecule has 2 aromatic rings. The van der Waals surface area contributed by atoms with E-state index < -0.39 is 0 Å². The molecule has 1 atom stereocenters. The maximum Gasteiger partial charge on any atom is 0.244 e. The van der Waals surface area contributed by atoms with Crippen LogP contribution < -0.4 is 10.2 Å². The van der Waals surface area contributed by atoms with E-state index in [9.17, 15) is 4.79 Å². The van der Waals surface area contributed by atoms with Crippen molar-refractivity contribution in [3.8, 4) is 0 Å². The molecule has 6 heteroatoms. The molecule has 1 aliphatic rings. The standard InChI is InChI=1S/C18H25N5O/c1-14-6-4-5-7-16(14)22-8-10-23(11-9-22)18(24)17(19-2)15-12-20-21(3)13-15/h4-7,12-13,17,19H,8-11H2,1-3H3. The van der Waals surface area contributed by atoms with Crippen molar-refractivity contribution >= 4 is 11.6 Å². The monoisotopic (exact) mass is 327 g/mol. The van der Waals surface area contributed by atoms with E-state index in [2.05, 4.69) is 46.5 Å². The number of hydrogen-bond donors (Lipinski definition) is 1. The fourth-order valence-corrected chi connectivity index (χ4v) is 3.29. The van der Waals surface area contributed by atoms with Crippen LogP contribution in [0.2, 0.25) is 0 Å². The van der Waals surface area contributed by atoms with Crippen molar-refractivity contribution in [1.82, 2.24) is 20.0 Å². The van der Waals surface area contributed by atoms with E-state index in [0.29, 0.717) is 0 Å². The number of aryl methyl sites for hydroxylation is 2. The van der Waals surface area contributed by atoms with Crippen LogP contribution >= 0.6 is 0 Å². The van der Waals surface area contributed by atoms with Gasteiger partial charge in [0.25, 0.3) is 0 Å². The minimum absolute atomic E-state index is 0.120.